The molecule has 0 heterocycles. The van der Waals surface area contributed by atoms with Gasteiger partial charge in [0.15, 0.2) is 0 Å². The van der Waals surface area contributed by atoms with Gasteiger partial charge in [-0.25, -0.2) is 0 Å². The molecule has 0 amide bonds. The second-order valence-corrected chi connectivity index (χ2v) is 5.45. The van der Waals surface area contributed by atoms with Crippen LogP contribution in [0.4, 0.5) is 0 Å². The summed E-state index contributed by atoms with van der Waals surface area (Å²) >= 11 is 0.731. The van der Waals surface area contributed by atoms with Gasteiger partial charge in [0.1, 0.15) is 0 Å². The predicted molar refractivity (Wildman–Crippen MR) is 47.7 cm³/mol. The van der Waals surface area contributed by atoms with E-state index in [1.54, 1.807) is 0 Å². The zero-order valence-electron chi connectivity index (χ0n) is 5.39. The molecule has 0 unspecified atom stereocenters. The molecule has 0 aromatic carbocycles. The number of rotatable bonds is 2. The Kier molecular flexibility index (Phi) is 24.1. The van der Waals surface area contributed by atoms with E-state index in [0.29, 0.717) is 27.2 Å². The van der Waals surface area contributed by atoms with Crippen molar-refractivity contribution in [2.45, 2.75) is 24.4 Å². The fourth-order valence-corrected chi connectivity index (χ4v) is 0. The molecule has 0 rings (SSSR count). The Morgan fingerprint density at radius 3 is 1.12 bits per heavy atom. The second-order valence-electron chi connectivity index (χ2n) is 1.15. The van der Waals surface area contributed by atoms with Gasteiger partial charge in [0.2, 0.25) is 0 Å². The molecule has 0 fully saturated rings. The molecule has 8 heavy (non-hydrogen) atoms. The van der Waals surface area contributed by atoms with Gasteiger partial charge in [0, 0.05) is 0 Å². The first-order chi connectivity index (χ1) is 3.83. The molecule has 0 spiro atoms. The Labute approximate surface area is 72.1 Å². The summed E-state index contributed by atoms with van der Waals surface area (Å²) in [5.74, 6) is 0. The van der Waals surface area contributed by atoms with Crippen molar-refractivity contribution in [3.8, 4) is 0 Å². The number of hydrogen-bond donors (Lipinski definition) is 0. The molecule has 44 valence electrons. The minimum absolute atomic E-state index is 0.366. The van der Waals surface area contributed by atoms with Gasteiger partial charge in [-0.05, 0) is 0 Å². The van der Waals surface area contributed by atoms with Crippen molar-refractivity contribution in [3.05, 3.63) is 0 Å². The van der Waals surface area contributed by atoms with E-state index < -0.39 is 0 Å². The third kappa shape index (κ3) is 25.9. The Bertz CT molecular complexity index is 48.0. The molecule has 0 N–H and O–H groups in total. The Morgan fingerprint density at radius 1 is 1.00 bits per heavy atom. The van der Waals surface area contributed by atoms with Crippen LogP contribution in [0.5, 0.6) is 0 Å². The summed E-state index contributed by atoms with van der Waals surface area (Å²) in [4.78, 5) is 0. The van der Waals surface area contributed by atoms with Crippen LogP contribution in [0.1, 0.15) is 13.8 Å². The van der Waals surface area contributed by atoms with Gasteiger partial charge in [-0.2, -0.15) is 0 Å². The SMILES string of the molecule is C[CH2][Al]=[S].C[CH2][Al]=[S]. The van der Waals surface area contributed by atoms with Crippen LogP contribution < -0.4 is 0 Å². The van der Waals surface area contributed by atoms with E-state index in [4.69, 9.17) is 0 Å². The Hall–Kier alpha value is 1.50. The first kappa shape index (κ1) is 12.2. The zero-order chi connectivity index (χ0) is 6.83. The van der Waals surface area contributed by atoms with Gasteiger partial charge in [0.25, 0.3) is 0 Å². The van der Waals surface area contributed by atoms with Gasteiger partial charge in [-0.1, -0.05) is 0 Å². The molecular weight excluding hydrogens is 166 g/mol. The van der Waals surface area contributed by atoms with Crippen LogP contribution in [-0.4, -0.2) is 27.2 Å². The van der Waals surface area contributed by atoms with Gasteiger partial charge in [-0.15, -0.1) is 0 Å². The third-order valence-corrected chi connectivity index (χ3v) is 3.00. The summed E-state index contributed by atoms with van der Waals surface area (Å²) < 4.78 is 0. The van der Waals surface area contributed by atoms with Gasteiger partial charge in [-0.3, -0.25) is 0 Å². The maximum absolute atomic E-state index is 4.64. The van der Waals surface area contributed by atoms with Gasteiger partial charge < -0.3 is 0 Å². The average molecular weight is 176 g/mol. The van der Waals surface area contributed by atoms with Crippen LogP contribution in [0.15, 0.2) is 0 Å². The van der Waals surface area contributed by atoms with E-state index >= 15 is 0 Å². The molecule has 0 atom stereocenters. The molecule has 0 bridgehead atoms. The zero-order valence-corrected chi connectivity index (χ0v) is 9.33. The van der Waals surface area contributed by atoms with Crippen molar-refractivity contribution in [2.24, 2.45) is 0 Å². The molecule has 0 saturated carbocycles. The van der Waals surface area contributed by atoms with Crippen molar-refractivity contribution in [1.29, 1.82) is 0 Å². The van der Waals surface area contributed by atoms with Crippen LogP contribution in [0.2, 0.25) is 10.6 Å². The van der Waals surface area contributed by atoms with Crippen molar-refractivity contribution < 1.29 is 0 Å². The summed E-state index contributed by atoms with van der Waals surface area (Å²) in [6.07, 6.45) is 0. The summed E-state index contributed by atoms with van der Waals surface area (Å²) in [7, 11) is 9.27. The predicted octanol–water partition coefficient (Wildman–Crippen LogP) is 2.48. The fourth-order valence-electron chi connectivity index (χ4n) is 0. The fraction of sp³-hybridized carbons (Fsp3) is 1.00. The average Bonchev–Trinajstić information content (AvgIpc) is 1.88. The van der Waals surface area contributed by atoms with E-state index in [1.807, 2.05) is 0 Å². The molecular formula is C4H10Al2S2. The van der Waals surface area contributed by atoms with Gasteiger partial charge >= 0.3 is 72.6 Å². The molecule has 0 aliphatic carbocycles. The molecule has 0 aromatic rings. The molecule has 0 aliphatic heterocycles. The summed E-state index contributed by atoms with van der Waals surface area (Å²) in [6, 6.07) is 0. The van der Waals surface area contributed by atoms with E-state index in [2.05, 4.69) is 34.8 Å². The first-order valence-corrected chi connectivity index (χ1v) is 8.11. The van der Waals surface area contributed by atoms with E-state index in [0.717, 1.165) is 0 Å². The van der Waals surface area contributed by atoms with Crippen molar-refractivity contribution >= 4 is 48.2 Å². The van der Waals surface area contributed by atoms with Gasteiger partial charge in [0.05, 0.1) is 0 Å². The van der Waals surface area contributed by atoms with Crippen LogP contribution in [0.25, 0.3) is 0 Å². The maximum atomic E-state index is 4.64. The first-order valence-electron chi connectivity index (χ1n) is 2.70. The Morgan fingerprint density at radius 2 is 1.12 bits per heavy atom. The molecule has 4 heteroatoms. The van der Waals surface area contributed by atoms with Crippen LogP contribution >= 0.6 is 21.0 Å². The van der Waals surface area contributed by atoms with E-state index in [1.165, 1.54) is 10.6 Å². The van der Waals surface area contributed by atoms with E-state index in [-0.39, 0.29) is 0 Å². The molecule has 0 aliphatic rings. The molecule has 0 nitrogen and oxygen atoms in total. The Balaban J connectivity index is 0. The van der Waals surface area contributed by atoms with Crippen molar-refractivity contribution in [3.63, 3.8) is 0 Å². The monoisotopic (exact) mass is 176 g/mol. The quantitative estimate of drug-likeness (QED) is 0.593. The van der Waals surface area contributed by atoms with Crippen molar-refractivity contribution in [2.75, 3.05) is 0 Å². The third-order valence-electron chi connectivity index (χ3n) is 0.333. The number of hydrogen-bond acceptors (Lipinski definition) is 2. The van der Waals surface area contributed by atoms with Crippen molar-refractivity contribution in [1.82, 2.24) is 0 Å². The molecule has 0 aromatic heterocycles. The summed E-state index contributed by atoms with van der Waals surface area (Å²) in [5.41, 5.74) is 0. The van der Waals surface area contributed by atoms with Crippen LogP contribution in [-0.2, 0) is 0 Å². The molecule has 0 radical (unpaired) electrons. The summed E-state index contributed by atoms with van der Waals surface area (Å²) in [5, 5.41) is 2.44. The van der Waals surface area contributed by atoms with Crippen LogP contribution in [0.3, 0.4) is 0 Å². The standard InChI is InChI=1S/2C2H5.2Al.2S/c2*1-2;;;;/h2*1H2,2H3;;;;. The minimum atomic E-state index is 0.366. The topological polar surface area (TPSA) is 0 Å². The normalized spacial score (nSPS) is 5.25. The van der Waals surface area contributed by atoms with Crippen LogP contribution in [0, 0.1) is 0 Å². The second kappa shape index (κ2) is 15.8. The molecule has 0 saturated heterocycles. The summed E-state index contributed by atoms with van der Waals surface area (Å²) in [6.45, 7) is 4.23. The van der Waals surface area contributed by atoms with E-state index in [9.17, 15) is 0 Å².